The van der Waals surface area contributed by atoms with Crippen molar-refractivity contribution in [3.05, 3.63) is 70.3 Å². The maximum Gasteiger partial charge on any atom is 0.258 e. The number of carbonyl (C=O) groups excluding carboxylic acids is 1. The van der Waals surface area contributed by atoms with Gasteiger partial charge in [0, 0.05) is 20.1 Å². The van der Waals surface area contributed by atoms with Crippen LogP contribution in [0, 0.1) is 0 Å². The summed E-state index contributed by atoms with van der Waals surface area (Å²) in [5.74, 6) is 1.18. The van der Waals surface area contributed by atoms with Crippen LogP contribution in [0.3, 0.4) is 0 Å². The largest absolute Gasteiger partial charge is 0.496 e. The molecule has 0 aliphatic rings. The monoisotopic (exact) mass is 395 g/mol. The summed E-state index contributed by atoms with van der Waals surface area (Å²) in [6.45, 7) is 1.03. The molecule has 0 saturated carbocycles. The second kappa shape index (κ2) is 9.84. The molecule has 1 N–H and O–H groups in total. The molecule has 0 spiro atoms. The molecule has 3 rings (SSSR count). The molecule has 1 heterocycles. The van der Waals surface area contributed by atoms with Crippen LogP contribution in [0.4, 0.5) is 0 Å². The highest BCUT2D eigenvalue weighted by Crippen LogP contribution is 2.19. The van der Waals surface area contributed by atoms with Crippen molar-refractivity contribution in [1.82, 2.24) is 14.9 Å². The van der Waals surface area contributed by atoms with Crippen molar-refractivity contribution >= 4 is 16.8 Å². The fourth-order valence-electron chi connectivity index (χ4n) is 3.19. The summed E-state index contributed by atoms with van der Waals surface area (Å²) in [7, 11) is 3.21. The average Bonchev–Trinajstić information content (AvgIpc) is 2.75. The van der Waals surface area contributed by atoms with E-state index >= 15 is 0 Å². The van der Waals surface area contributed by atoms with Gasteiger partial charge in [0.05, 0.1) is 31.2 Å². The third-order valence-corrected chi connectivity index (χ3v) is 4.72. The number of rotatable bonds is 9. The molecule has 7 heteroatoms. The van der Waals surface area contributed by atoms with Gasteiger partial charge in [-0.1, -0.05) is 30.3 Å². The number of nitrogens with one attached hydrogen (secondary N) is 1. The zero-order valence-corrected chi connectivity index (χ0v) is 16.7. The van der Waals surface area contributed by atoms with Crippen LogP contribution in [0.25, 0.3) is 10.9 Å². The predicted molar refractivity (Wildman–Crippen MR) is 111 cm³/mol. The number of ether oxygens (including phenoxy) is 2. The molecule has 152 valence electrons. The number of amides is 1. The van der Waals surface area contributed by atoms with E-state index in [4.69, 9.17) is 9.47 Å². The molecular weight excluding hydrogens is 370 g/mol. The number of methoxy groups -OCH3 is 2. The van der Waals surface area contributed by atoms with Gasteiger partial charge in [-0.25, -0.2) is 4.98 Å². The summed E-state index contributed by atoms with van der Waals surface area (Å²) in [5, 5.41) is 0.530. The van der Waals surface area contributed by atoms with Gasteiger partial charge in [-0.3, -0.25) is 9.59 Å². The molecular formula is C22H25N3O4. The Morgan fingerprint density at radius 3 is 2.66 bits per heavy atom. The number of carbonyl (C=O) groups is 1. The molecule has 2 aromatic carbocycles. The molecule has 1 aromatic heterocycles. The average molecular weight is 395 g/mol. The third kappa shape index (κ3) is 5.20. The number of H-pyrrole nitrogens is 1. The van der Waals surface area contributed by atoms with E-state index in [1.165, 1.54) is 0 Å². The molecule has 0 fully saturated rings. The zero-order chi connectivity index (χ0) is 20.6. The molecule has 0 saturated heterocycles. The van der Waals surface area contributed by atoms with Gasteiger partial charge in [0.2, 0.25) is 5.91 Å². The lowest BCUT2D eigenvalue weighted by molar-refractivity contribution is -0.132. The summed E-state index contributed by atoms with van der Waals surface area (Å²) >= 11 is 0. The SMILES string of the molecule is COCCN(Cc1nc2ccccc2c(=O)[nH]1)C(=O)CCc1ccccc1OC. The lowest BCUT2D eigenvalue weighted by atomic mass is 10.1. The topological polar surface area (TPSA) is 84.5 Å². The molecule has 29 heavy (non-hydrogen) atoms. The number of hydrogen-bond donors (Lipinski definition) is 1. The molecule has 0 radical (unpaired) electrons. The van der Waals surface area contributed by atoms with Crippen molar-refractivity contribution in [3.63, 3.8) is 0 Å². The Morgan fingerprint density at radius 1 is 1.10 bits per heavy atom. The van der Waals surface area contributed by atoms with Gasteiger partial charge in [0.15, 0.2) is 0 Å². The predicted octanol–water partition coefficient (Wildman–Crippen LogP) is 2.54. The van der Waals surface area contributed by atoms with Crippen LogP contribution in [-0.4, -0.2) is 48.1 Å². The first kappa shape index (κ1) is 20.5. The normalized spacial score (nSPS) is 10.8. The Hall–Kier alpha value is -3.19. The lowest BCUT2D eigenvalue weighted by Gasteiger charge is -2.22. The van der Waals surface area contributed by atoms with Crippen LogP contribution < -0.4 is 10.3 Å². The van der Waals surface area contributed by atoms with Crippen molar-refractivity contribution in [2.24, 2.45) is 0 Å². The minimum absolute atomic E-state index is 0.0382. The van der Waals surface area contributed by atoms with Gasteiger partial charge in [0.25, 0.3) is 5.56 Å². The van der Waals surface area contributed by atoms with Crippen LogP contribution in [0.2, 0.25) is 0 Å². The van der Waals surface area contributed by atoms with Gasteiger partial charge >= 0.3 is 0 Å². The molecule has 1 amide bonds. The van der Waals surface area contributed by atoms with Crippen molar-refractivity contribution in [2.45, 2.75) is 19.4 Å². The number of fused-ring (bicyclic) bond motifs is 1. The number of benzene rings is 2. The Bertz CT molecular complexity index is 1030. The summed E-state index contributed by atoms with van der Waals surface area (Å²) < 4.78 is 10.5. The van der Waals surface area contributed by atoms with E-state index in [1.54, 1.807) is 37.3 Å². The number of aryl methyl sites for hydroxylation is 1. The molecule has 0 bridgehead atoms. The fraction of sp³-hybridized carbons (Fsp3) is 0.318. The first-order chi connectivity index (χ1) is 14.1. The van der Waals surface area contributed by atoms with E-state index in [-0.39, 0.29) is 18.0 Å². The highest BCUT2D eigenvalue weighted by Gasteiger charge is 2.16. The van der Waals surface area contributed by atoms with Crippen molar-refractivity contribution in [2.75, 3.05) is 27.4 Å². The van der Waals surface area contributed by atoms with Crippen molar-refractivity contribution in [3.8, 4) is 5.75 Å². The van der Waals surface area contributed by atoms with E-state index in [9.17, 15) is 9.59 Å². The first-order valence-electron chi connectivity index (χ1n) is 9.49. The first-order valence-corrected chi connectivity index (χ1v) is 9.49. The number of aromatic amines is 1. The smallest absolute Gasteiger partial charge is 0.258 e. The molecule has 0 aliphatic carbocycles. The highest BCUT2D eigenvalue weighted by atomic mass is 16.5. The molecule has 0 atom stereocenters. The van der Waals surface area contributed by atoms with Crippen LogP contribution in [0.5, 0.6) is 5.75 Å². The van der Waals surface area contributed by atoms with E-state index in [1.807, 2.05) is 30.3 Å². The summed E-state index contributed by atoms with van der Waals surface area (Å²) in [6.07, 6.45) is 0.885. The summed E-state index contributed by atoms with van der Waals surface area (Å²) in [5.41, 5.74) is 1.38. The zero-order valence-electron chi connectivity index (χ0n) is 16.7. The maximum atomic E-state index is 12.9. The second-order valence-electron chi connectivity index (χ2n) is 6.65. The van der Waals surface area contributed by atoms with Gasteiger partial charge in [-0.2, -0.15) is 0 Å². The quantitative estimate of drug-likeness (QED) is 0.602. The highest BCUT2D eigenvalue weighted by molar-refractivity contribution is 5.78. The van der Waals surface area contributed by atoms with Crippen molar-refractivity contribution in [1.29, 1.82) is 0 Å². The van der Waals surface area contributed by atoms with Crippen LogP contribution in [-0.2, 0) is 22.5 Å². The molecule has 3 aromatic rings. The lowest BCUT2D eigenvalue weighted by Crippen LogP contribution is -2.34. The second-order valence-corrected chi connectivity index (χ2v) is 6.65. The van der Waals surface area contributed by atoms with Crippen molar-refractivity contribution < 1.29 is 14.3 Å². The minimum atomic E-state index is -0.209. The Balaban J connectivity index is 1.75. The number of para-hydroxylation sites is 2. The minimum Gasteiger partial charge on any atom is -0.496 e. The van der Waals surface area contributed by atoms with Crippen LogP contribution in [0.1, 0.15) is 17.8 Å². The number of hydrogen-bond acceptors (Lipinski definition) is 5. The summed E-state index contributed by atoms with van der Waals surface area (Å²) in [4.78, 5) is 34.1. The molecule has 0 aliphatic heterocycles. The van der Waals surface area contributed by atoms with Crippen LogP contribution in [0.15, 0.2) is 53.3 Å². The van der Waals surface area contributed by atoms with Gasteiger partial charge < -0.3 is 19.4 Å². The fourth-order valence-corrected chi connectivity index (χ4v) is 3.19. The molecule has 0 unspecified atom stereocenters. The standard InChI is InChI=1S/C22H25N3O4/c1-28-14-13-25(21(26)12-11-16-7-3-6-10-19(16)29-2)15-20-23-18-9-5-4-8-17(18)22(27)24-20/h3-10H,11-15H2,1-2H3,(H,23,24,27). The van der Waals surface area contributed by atoms with Crippen LogP contribution >= 0.6 is 0 Å². The van der Waals surface area contributed by atoms with E-state index < -0.39 is 0 Å². The number of nitrogens with zero attached hydrogens (tertiary/aromatic N) is 2. The third-order valence-electron chi connectivity index (χ3n) is 4.72. The molecule has 7 nitrogen and oxygen atoms in total. The Morgan fingerprint density at radius 2 is 1.86 bits per heavy atom. The van der Waals surface area contributed by atoms with Gasteiger partial charge in [-0.15, -0.1) is 0 Å². The Kier molecular flexibility index (Phi) is 6.97. The summed E-state index contributed by atoms with van der Waals surface area (Å²) in [6, 6.07) is 14.8. The van der Waals surface area contributed by atoms with E-state index in [2.05, 4.69) is 9.97 Å². The maximum absolute atomic E-state index is 12.9. The van der Waals surface area contributed by atoms with Gasteiger partial charge in [0.1, 0.15) is 11.6 Å². The van der Waals surface area contributed by atoms with Gasteiger partial charge in [-0.05, 0) is 30.2 Å². The number of aromatic nitrogens is 2. The van der Waals surface area contributed by atoms with E-state index in [0.717, 1.165) is 11.3 Å². The van der Waals surface area contributed by atoms with E-state index in [0.29, 0.717) is 42.7 Å². The Labute approximate surface area is 169 Å².